The van der Waals surface area contributed by atoms with Crippen molar-refractivity contribution in [1.82, 2.24) is 9.80 Å². The Balaban J connectivity index is 1.81. The lowest BCUT2D eigenvalue weighted by molar-refractivity contribution is 0.0735. The van der Waals surface area contributed by atoms with Crippen molar-refractivity contribution in [2.75, 3.05) is 27.2 Å². The molecule has 1 aliphatic carbocycles. The van der Waals surface area contributed by atoms with Crippen molar-refractivity contribution >= 4 is 17.2 Å². The van der Waals surface area contributed by atoms with Crippen LogP contribution in [-0.4, -0.2) is 42.9 Å². The van der Waals surface area contributed by atoms with Gasteiger partial charge in [0.15, 0.2) is 0 Å². The Morgan fingerprint density at radius 2 is 1.92 bits per heavy atom. The van der Waals surface area contributed by atoms with Crippen LogP contribution >= 0.6 is 11.3 Å². The molecule has 0 unspecified atom stereocenters. The van der Waals surface area contributed by atoms with Crippen LogP contribution in [0.3, 0.4) is 0 Å². The number of amides is 1. The molecule has 134 valence electrons. The molecule has 0 spiro atoms. The normalized spacial score (nSPS) is 13.8. The number of aryl methyl sites for hydroxylation is 2. The standard InChI is InChI=1S/C20H25FN2OS/c1-22(2)11-12-23(14-16-8-3-5-9-17(16)21)20(24)19-13-15-7-4-6-10-18(15)25-19/h3,5,8-9,13H,4,6-7,10-12,14H2,1-2H3. The van der Waals surface area contributed by atoms with Crippen molar-refractivity contribution < 1.29 is 9.18 Å². The third kappa shape index (κ3) is 4.47. The fourth-order valence-corrected chi connectivity index (χ4v) is 4.38. The molecule has 3 rings (SSSR count). The molecule has 1 aromatic carbocycles. The first kappa shape index (κ1) is 18.1. The minimum atomic E-state index is -0.254. The van der Waals surface area contributed by atoms with E-state index in [1.165, 1.54) is 29.3 Å². The first-order valence-electron chi connectivity index (χ1n) is 8.83. The molecule has 2 aromatic rings. The fourth-order valence-electron chi connectivity index (χ4n) is 3.16. The molecule has 0 fully saturated rings. The number of fused-ring (bicyclic) bond motifs is 1. The van der Waals surface area contributed by atoms with Crippen molar-refractivity contribution in [1.29, 1.82) is 0 Å². The van der Waals surface area contributed by atoms with Crippen molar-refractivity contribution in [3.63, 3.8) is 0 Å². The second-order valence-corrected chi connectivity index (χ2v) is 8.02. The Labute approximate surface area is 153 Å². The lowest BCUT2D eigenvalue weighted by atomic mass is 9.99. The Hall–Kier alpha value is -1.72. The number of likely N-dealkylation sites (N-methyl/N-ethyl adjacent to an activating group) is 1. The summed E-state index contributed by atoms with van der Waals surface area (Å²) in [5, 5.41) is 0. The molecule has 1 aromatic heterocycles. The van der Waals surface area contributed by atoms with E-state index < -0.39 is 0 Å². The summed E-state index contributed by atoms with van der Waals surface area (Å²) >= 11 is 1.62. The van der Waals surface area contributed by atoms with Gasteiger partial charge < -0.3 is 9.80 Å². The molecule has 5 heteroatoms. The predicted molar refractivity (Wildman–Crippen MR) is 101 cm³/mol. The van der Waals surface area contributed by atoms with Gasteiger partial charge in [0.05, 0.1) is 4.88 Å². The third-order valence-electron chi connectivity index (χ3n) is 4.63. The number of benzene rings is 1. The van der Waals surface area contributed by atoms with E-state index in [1.54, 1.807) is 28.4 Å². The van der Waals surface area contributed by atoms with Crippen LogP contribution in [0.5, 0.6) is 0 Å². The van der Waals surface area contributed by atoms with Gasteiger partial charge >= 0.3 is 0 Å². The molecular formula is C20H25FN2OS. The molecule has 0 N–H and O–H groups in total. The number of carbonyl (C=O) groups is 1. The summed E-state index contributed by atoms with van der Waals surface area (Å²) < 4.78 is 14.1. The van der Waals surface area contributed by atoms with Gasteiger partial charge in [-0.2, -0.15) is 0 Å². The van der Waals surface area contributed by atoms with Gasteiger partial charge in [-0.05, 0) is 57.5 Å². The third-order valence-corrected chi connectivity index (χ3v) is 5.86. The van der Waals surface area contributed by atoms with E-state index in [4.69, 9.17) is 0 Å². The van der Waals surface area contributed by atoms with Gasteiger partial charge in [0.1, 0.15) is 5.82 Å². The Kier molecular flexibility index (Phi) is 5.86. The zero-order valence-electron chi connectivity index (χ0n) is 14.9. The smallest absolute Gasteiger partial charge is 0.264 e. The summed E-state index contributed by atoms with van der Waals surface area (Å²) in [5.41, 5.74) is 1.90. The van der Waals surface area contributed by atoms with Crippen LogP contribution in [0.4, 0.5) is 4.39 Å². The van der Waals surface area contributed by atoms with Gasteiger partial charge in [-0.25, -0.2) is 4.39 Å². The zero-order valence-corrected chi connectivity index (χ0v) is 15.7. The summed E-state index contributed by atoms with van der Waals surface area (Å²) in [5.74, 6) is -0.236. The van der Waals surface area contributed by atoms with Gasteiger partial charge in [-0.15, -0.1) is 11.3 Å². The highest BCUT2D eigenvalue weighted by Crippen LogP contribution is 2.30. The van der Waals surface area contributed by atoms with Crippen molar-refractivity contribution in [3.8, 4) is 0 Å². The maximum absolute atomic E-state index is 14.1. The van der Waals surface area contributed by atoms with Crippen LogP contribution in [0.15, 0.2) is 30.3 Å². The Morgan fingerprint density at radius 1 is 1.16 bits per heavy atom. The van der Waals surface area contributed by atoms with E-state index in [-0.39, 0.29) is 11.7 Å². The van der Waals surface area contributed by atoms with Gasteiger partial charge in [0, 0.05) is 30.1 Å². The van der Waals surface area contributed by atoms with Gasteiger partial charge in [0.25, 0.3) is 5.91 Å². The van der Waals surface area contributed by atoms with Gasteiger partial charge in [-0.1, -0.05) is 18.2 Å². The second kappa shape index (κ2) is 8.11. The first-order valence-corrected chi connectivity index (χ1v) is 9.65. The highest BCUT2D eigenvalue weighted by molar-refractivity contribution is 7.14. The summed E-state index contributed by atoms with van der Waals surface area (Å²) in [6, 6.07) is 8.76. The number of carbonyl (C=O) groups excluding carboxylic acids is 1. The average molecular weight is 360 g/mol. The zero-order chi connectivity index (χ0) is 17.8. The number of nitrogens with zero attached hydrogens (tertiary/aromatic N) is 2. The lowest BCUT2D eigenvalue weighted by Gasteiger charge is -2.24. The lowest BCUT2D eigenvalue weighted by Crippen LogP contribution is -2.36. The molecular weight excluding hydrogens is 335 g/mol. The van der Waals surface area contributed by atoms with E-state index >= 15 is 0 Å². The maximum Gasteiger partial charge on any atom is 0.264 e. The highest BCUT2D eigenvalue weighted by atomic mass is 32.1. The number of hydrogen-bond acceptors (Lipinski definition) is 3. The number of thiophene rings is 1. The number of rotatable bonds is 6. The number of hydrogen-bond donors (Lipinski definition) is 0. The largest absolute Gasteiger partial charge is 0.332 e. The highest BCUT2D eigenvalue weighted by Gasteiger charge is 2.22. The van der Waals surface area contributed by atoms with E-state index in [0.29, 0.717) is 18.7 Å². The van der Waals surface area contributed by atoms with E-state index in [1.807, 2.05) is 25.1 Å². The van der Waals surface area contributed by atoms with Crippen LogP contribution in [-0.2, 0) is 19.4 Å². The minimum absolute atomic E-state index is 0.0181. The molecule has 1 amide bonds. The summed E-state index contributed by atoms with van der Waals surface area (Å²) in [7, 11) is 3.96. The average Bonchev–Trinajstić information content (AvgIpc) is 3.03. The van der Waals surface area contributed by atoms with Crippen LogP contribution in [0.2, 0.25) is 0 Å². The Morgan fingerprint density at radius 3 is 2.64 bits per heavy atom. The van der Waals surface area contributed by atoms with Crippen molar-refractivity contribution in [3.05, 3.63) is 57.0 Å². The molecule has 0 atom stereocenters. The van der Waals surface area contributed by atoms with Gasteiger partial charge in [0.2, 0.25) is 0 Å². The molecule has 25 heavy (non-hydrogen) atoms. The molecule has 0 radical (unpaired) electrons. The molecule has 0 saturated carbocycles. The fraction of sp³-hybridized carbons (Fsp3) is 0.450. The van der Waals surface area contributed by atoms with Crippen LogP contribution in [0, 0.1) is 5.82 Å². The van der Waals surface area contributed by atoms with Crippen LogP contribution < -0.4 is 0 Å². The van der Waals surface area contributed by atoms with Crippen LogP contribution in [0.25, 0.3) is 0 Å². The molecule has 3 nitrogen and oxygen atoms in total. The SMILES string of the molecule is CN(C)CCN(Cc1ccccc1F)C(=O)c1cc2c(s1)CCCC2. The van der Waals surface area contributed by atoms with Crippen LogP contribution in [0.1, 0.15) is 38.5 Å². The Bertz CT molecular complexity index is 718. The van der Waals surface area contributed by atoms with E-state index in [0.717, 1.165) is 24.3 Å². The molecule has 0 bridgehead atoms. The van der Waals surface area contributed by atoms with Crippen molar-refractivity contribution in [2.24, 2.45) is 0 Å². The molecule has 0 saturated heterocycles. The minimum Gasteiger partial charge on any atom is -0.332 e. The molecule has 0 aliphatic heterocycles. The van der Waals surface area contributed by atoms with E-state index in [9.17, 15) is 9.18 Å². The quantitative estimate of drug-likeness (QED) is 0.778. The first-order chi connectivity index (χ1) is 12.0. The van der Waals surface area contributed by atoms with Gasteiger partial charge in [-0.3, -0.25) is 4.79 Å². The summed E-state index contributed by atoms with van der Waals surface area (Å²) in [6.45, 7) is 1.65. The van der Waals surface area contributed by atoms with E-state index in [2.05, 4.69) is 6.07 Å². The summed E-state index contributed by atoms with van der Waals surface area (Å²) in [6.07, 6.45) is 4.57. The van der Waals surface area contributed by atoms with Crippen molar-refractivity contribution in [2.45, 2.75) is 32.2 Å². The topological polar surface area (TPSA) is 23.6 Å². The monoisotopic (exact) mass is 360 g/mol. The molecule has 1 heterocycles. The number of halogens is 1. The summed E-state index contributed by atoms with van der Waals surface area (Å²) in [4.78, 5) is 19.1. The molecule has 1 aliphatic rings. The maximum atomic E-state index is 14.1. The predicted octanol–water partition coefficient (Wildman–Crippen LogP) is 3.97. The second-order valence-electron chi connectivity index (χ2n) is 6.89.